The quantitative estimate of drug-likeness (QED) is 0.115. The Kier molecular flexibility index (Phi) is 9.67. The van der Waals surface area contributed by atoms with Crippen LogP contribution >= 0.6 is 0 Å². The van der Waals surface area contributed by atoms with E-state index in [1.54, 1.807) is 0 Å². The summed E-state index contributed by atoms with van der Waals surface area (Å²) in [5.41, 5.74) is -23.3. The highest BCUT2D eigenvalue weighted by Gasteiger charge is 2.50. The summed E-state index contributed by atoms with van der Waals surface area (Å²) in [5, 5.41) is 15.0. The van der Waals surface area contributed by atoms with Gasteiger partial charge < -0.3 is 4.74 Å². The summed E-state index contributed by atoms with van der Waals surface area (Å²) in [7, 11) is 0. The van der Waals surface area contributed by atoms with Crippen LogP contribution in [0.25, 0.3) is 20.8 Å². The second-order valence-corrected chi connectivity index (χ2v) is 11.4. The largest absolute Gasteiger partial charge is 0.573 e. The zero-order valence-electron chi connectivity index (χ0n) is 26.5. The van der Waals surface area contributed by atoms with Gasteiger partial charge in [-0.3, -0.25) is 0 Å². The minimum Gasteiger partial charge on any atom is -0.399 e. The molecule has 0 atom stereocenters. The maximum absolute atomic E-state index is 15.7. The number of hydrogen-bond donors (Lipinski definition) is 0. The third-order valence-corrected chi connectivity index (χ3v) is 8.52. The SMILES string of the molecule is [C-]#[N+]C([N+]#[C-])=C1Cc2c(C(F)(F)F)c3c(c(C(F)(F)F)c2=C1c1c(F)c(F)c(C)c(F)c1F)CC(=C(C#N)C#N)C=3c1c(F)c(F)c(OC(F)(F)F)c(F)c1F. The molecule has 3 aromatic carbocycles. The summed E-state index contributed by atoms with van der Waals surface area (Å²) in [6.45, 7) is 15.0. The van der Waals surface area contributed by atoms with E-state index in [0.717, 1.165) is 12.1 Å². The van der Waals surface area contributed by atoms with Crippen molar-refractivity contribution in [2.24, 2.45) is 0 Å². The molecular weight excluding hydrogens is 803 g/mol. The van der Waals surface area contributed by atoms with Gasteiger partial charge in [0, 0.05) is 17.6 Å². The standard InChI is InChI=1S/C34H7F17N4O/c1-8-22(35)24(37)19(25(38)23(8)36)15-13(31(54-2)55-3)5-12-17(15)20(32(43,44)45)11-4-10(9(6-52)7-53)14(16(11)21(12)33(46,47)48)18-26(39)28(41)30(29(42)27(18)40)56-34(49,50)51/h4-5H2,1H3. The van der Waals surface area contributed by atoms with Gasteiger partial charge >= 0.3 is 24.5 Å². The van der Waals surface area contributed by atoms with Crippen molar-refractivity contribution < 1.29 is 79.4 Å². The van der Waals surface area contributed by atoms with Crippen LogP contribution in [0.15, 0.2) is 22.5 Å². The van der Waals surface area contributed by atoms with E-state index in [-0.39, 0.29) is 0 Å². The zero-order chi connectivity index (χ0) is 42.3. The molecule has 0 unspecified atom stereocenters. The zero-order valence-corrected chi connectivity index (χ0v) is 26.5. The number of halogens is 17. The summed E-state index contributed by atoms with van der Waals surface area (Å²) in [6.07, 6.45) is -22.1. The summed E-state index contributed by atoms with van der Waals surface area (Å²) in [4.78, 5) is 5.26. The van der Waals surface area contributed by atoms with E-state index in [4.69, 9.17) is 13.1 Å². The van der Waals surface area contributed by atoms with Gasteiger partial charge in [-0.2, -0.15) is 55.3 Å². The fourth-order valence-corrected chi connectivity index (χ4v) is 6.49. The molecule has 56 heavy (non-hydrogen) atoms. The van der Waals surface area contributed by atoms with Crippen molar-refractivity contribution in [3.05, 3.63) is 141 Å². The van der Waals surface area contributed by atoms with E-state index in [0.29, 0.717) is 6.92 Å². The molecule has 0 saturated carbocycles. The van der Waals surface area contributed by atoms with E-state index in [2.05, 4.69) is 14.4 Å². The Morgan fingerprint density at radius 1 is 0.589 bits per heavy atom. The van der Waals surface area contributed by atoms with Crippen molar-refractivity contribution in [1.29, 1.82) is 10.5 Å². The molecular formula is C34H7F17N4O. The number of allylic oxidation sites excluding steroid dienone is 3. The van der Waals surface area contributed by atoms with Gasteiger partial charge in [0.25, 0.3) is 0 Å². The second-order valence-electron chi connectivity index (χ2n) is 11.4. The second kappa shape index (κ2) is 13.3. The lowest BCUT2D eigenvalue weighted by atomic mass is 9.90. The van der Waals surface area contributed by atoms with Gasteiger partial charge in [-0.25, -0.2) is 26.3 Å². The molecule has 0 radical (unpaired) electrons. The molecule has 5 rings (SSSR count). The molecule has 2 aliphatic rings. The number of benzene rings is 3. The number of nitriles is 2. The number of hydrogen-bond acceptors (Lipinski definition) is 3. The lowest BCUT2D eigenvalue weighted by Gasteiger charge is -2.20. The van der Waals surface area contributed by atoms with Crippen LogP contribution in [-0.2, 0) is 25.2 Å². The lowest BCUT2D eigenvalue weighted by molar-refractivity contribution is -0.276. The normalized spacial score (nSPS) is 13.9. The number of nitrogens with zero attached hydrogens (tertiary/aromatic N) is 4. The first-order chi connectivity index (χ1) is 25.8. The highest BCUT2D eigenvalue weighted by molar-refractivity contribution is 5.91. The molecule has 0 heterocycles. The fourth-order valence-electron chi connectivity index (χ4n) is 6.49. The summed E-state index contributed by atoms with van der Waals surface area (Å²) in [5.74, 6) is -26.4. The molecule has 0 aliphatic heterocycles. The van der Waals surface area contributed by atoms with Crippen LogP contribution < -0.4 is 15.2 Å². The van der Waals surface area contributed by atoms with Crippen LogP contribution in [0.4, 0.5) is 74.6 Å². The molecule has 0 spiro atoms. The Labute approximate surface area is 299 Å². The molecule has 0 bridgehead atoms. The highest BCUT2D eigenvalue weighted by Crippen LogP contribution is 2.47. The third kappa shape index (κ3) is 6.02. The van der Waals surface area contributed by atoms with E-state index in [1.807, 2.05) is 0 Å². The predicted octanol–water partition coefficient (Wildman–Crippen LogP) is 8.95. The Balaban J connectivity index is 2.29. The summed E-state index contributed by atoms with van der Waals surface area (Å²) >= 11 is 0. The minimum atomic E-state index is -6.18. The Morgan fingerprint density at radius 2 is 0.946 bits per heavy atom. The van der Waals surface area contributed by atoms with Crippen LogP contribution in [0.5, 0.6) is 5.75 Å². The monoisotopic (exact) mass is 810 g/mol. The van der Waals surface area contributed by atoms with Gasteiger partial charge in [-0.05, 0) is 46.1 Å². The summed E-state index contributed by atoms with van der Waals surface area (Å²) in [6, 6.07) is 1.97. The first-order valence-corrected chi connectivity index (χ1v) is 14.4. The molecule has 2 aliphatic carbocycles. The number of alkyl halides is 9. The van der Waals surface area contributed by atoms with Crippen LogP contribution in [-0.4, -0.2) is 6.36 Å². The van der Waals surface area contributed by atoms with E-state index < -0.39 is 167 Å². The lowest BCUT2D eigenvalue weighted by Crippen LogP contribution is -2.36. The van der Waals surface area contributed by atoms with Crippen molar-refractivity contribution in [2.75, 3.05) is 0 Å². The van der Waals surface area contributed by atoms with Gasteiger partial charge in [0.2, 0.25) is 17.4 Å². The molecule has 3 aromatic rings. The molecule has 5 nitrogen and oxygen atoms in total. The minimum absolute atomic E-state index is 0.447. The van der Waals surface area contributed by atoms with Gasteiger partial charge in [0.1, 0.15) is 30.9 Å². The van der Waals surface area contributed by atoms with Crippen molar-refractivity contribution >= 4 is 11.1 Å². The Bertz CT molecular complexity index is 2620. The van der Waals surface area contributed by atoms with Crippen LogP contribution in [0.1, 0.15) is 38.9 Å². The molecule has 0 N–H and O–H groups in total. The molecule has 0 aromatic heterocycles. The molecule has 288 valence electrons. The molecule has 0 amide bonds. The molecule has 0 saturated heterocycles. The third-order valence-electron chi connectivity index (χ3n) is 8.52. The Hall–Kier alpha value is -6.55. The maximum atomic E-state index is 15.7. The maximum Gasteiger partial charge on any atom is 0.573 e. The first-order valence-electron chi connectivity index (χ1n) is 14.4. The smallest absolute Gasteiger partial charge is 0.399 e. The molecule has 22 heteroatoms. The van der Waals surface area contributed by atoms with Crippen molar-refractivity contribution in [3.63, 3.8) is 0 Å². The molecule has 0 fully saturated rings. The van der Waals surface area contributed by atoms with Crippen LogP contribution in [0.3, 0.4) is 0 Å². The van der Waals surface area contributed by atoms with Crippen molar-refractivity contribution in [1.82, 2.24) is 0 Å². The van der Waals surface area contributed by atoms with Crippen molar-refractivity contribution in [3.8, 4) is 17.9 Å². The van der Waals surface area contributed by atoms with Crippen LogP contribution in [0, 0.1) is 89.3 Å². The number of rotatable bonds is 3. The number of ether oxygens (including phenoxy) is 1. The Morgan fingerprint density at radius 3 is 1.29 bits per heavy atom. The van der Waals surface area contributed by atoms with E-state index >= 15 is 52.7 Å². The van der Waals surface area contributed by atoms with Gasteiger partial charge in [-0.1, -0.05) is 0 Å². The summed E-state index contributed by atoms with van der Waals surface area (Å²) < 4.78 is 256. The van der Waals surface area contributed by atoms with Gasteiger partial charge in [0.15, 0.2) is 34.9 Å². The van der Waals surface area contributed by atoms with Gasteiger partial charge in [-0.15, -0.1) is 13.2 Å². The van der Waals surface area contributed by atoms with E-state index in [1.165, 1.54) is 0 Å². The van der Waals surface area contributed by atoms with Crippen LogP contribution in [0.2, 0.25) is 0 Å². The number of fused-ring (bicyclic) bond motifs is 2. The highest BCUT2D eigenvalue weighted by atomic mass is 19.4. The van der Waals surface area contributed by atoms with Crippen molar-refractivity contribution in [2.45, 2.75) is 38.5 Å². The fraction of sp³-hybridized carbons (Fsp3) is 0.176. The average Bonchev–Trinajstić information content (AvgIpc) is 3.65. The average molecular weight is 810 g/mol. The topological polar surface area (TPSA) is 65.5 Å². The van der Waals surface area contributed by atoms with Gasteiger partial charge in [0.05, 0.1) is 27.8 Å². The first kappa shape index (κ1) is 40.6. The van der Waals surface area contributed by atoms with E-state index in [9.17, 15) is 32.5 Å². The predicted molar refractivity (Wildman–Crippen MR) is 151 cm³/mol.